The molecule has 5 rings (SSSR count). The van der Waals surface area contributed by atoms with E-state index in [9.17, 15) is 4.79 Å². The van der Waals surface area contributed by atoms with Gasteiger partial charge in [-0.15, -0.1) is 10.2 Å². The number of nitrogens with zero attached hydrogens (tertiary/aromatic N) is 6. The summed E-state index contributed by atoms with van der Waals surface area (Å²) in [6.45, 7) is 4.33. The molecule has 29 heavy (non-hydrogen) atoms. The van der Waals surface area contributed by atoms with Crippen LogP contribution in [0.5, 0.6) is 0 Å². The van der Waals surface area contributed by atoms with E-state index in [0.29, 0.717) is 46.9 Å². The first-order chi connectivity index (χ1) is 14.0. The molecule has 1 aliphatic heterocycles. The van der Waals surface area contributed by atoms with Crippen LogP contribution in [0, 0.1) is 12.8 Å². The molecule has 0 saturated heterocycles. The molecule has 1 spiro atoms. The Balaban J connectivity index is 1.77. The summed E-state index contributed by atoms with van der Waals surface area (Å²) in [6, 6.07) is 7.42. The number of halogens is 1. The fourth-order valence-corrected chi connectivity index (χ4v) is 4.02. The van der Waals surface area contributed by atoms with Gasteiger partial charge in [0, 0.05) is 29.5 Å². The molecule has 2 aromatic heterocycles. The van der Waals surface area contributed by atoms with E-state index in [4.69, 9.17) is 16.6 Å². The van der Waals surface area contributed by atoms with Gasteiger partial charge in [-0.25, -0.2) is 9.97 Å². The third-order valence-electron chi connectivity index (χ3n) is 5.36. The van der Waals surface area contributed by atoms with Gasteiger partial charge in [0.25, 0.3) is 0 Å². The number of aromatic nitrogens is 5. The van der Waals surface area contributed by atoms with Crippen LogP contribution in [0.2, 0.25) is 5.02 Å². The average Bonchev–Trinajstić information content (AvgIpc) is 3.36. The minimum absolute atomic E-state index is 0.0363. The van der Waals surface area contributed by atoms with Gasteiger partial charge in [-0.05, 0) is 32.4 Å². The van der Waals surface area contributed by atoms with E-state index in [1.54, 1.807) is 12.4 Å². The maximum Gasteiger partial charge on any atom is 0.226 e. The number of carbonyl (C=O) groups is 1. The van der Waals surface area contributed by atoms with Gasteiger partial charge in [0.1, 0.15) is 17.1 Å². The standard InChI is InChI=1S/C20H18ClN7O/c1-3-22-18(29)14-10-20(14)19-27-26-11(2)28(19)17-16(23-8-9-24-17)15(25-20)12-4-6-13(21)7-5-12/h4-9,14H,3,10H2,1-2H3,(H,22,29). The summed E-state index contributed by atoms with van der Waals surface area (Å²) in [4.78, 5) is 26.9. The van der Waals surface area contributed by atoms with Gasteiger partial charge in [0.2, 0.25) is 5.91 Å². The number of hydrogen-bond donors (Lipinski definition) is 1. The first kappa shape index (κ1) is 17.9. The van der Waals surface area contributed by atoms with Crippen LogP contribution in [0.4, 0.5) is 0 Å². The lowest BCUT2D eigenvalue weighted by molar-refractivity contribution is -0.122. The van der Waals surface area contributed by atoms with Crippen LogP contribution in [-0.4, -0.2) is 42.9 Å². The van der Waals surface area contributed by atoms with E-state index in [1.807, 2.05) is 42.7 Å². The highest BCUT2D eigenvalue weighted by Gasteiger charge is 2.64. The summed E-state index contributed by atoms with van der Waals surface area (Å²) in [5, 5.41) is 12.2. The van der Waals surface area contributed by atoms with Crippen molar-refractivity contribution in [3.63, 3.8) is 0 Å². The van der Waals surface area contributed by atoms with Gasteiger partial charge in [-0.2, -0.15) is 0 Å². The summed E-state index contributed by atoms with van der Waals surface area (Å²) < 4.78 is 1.87. The van der Waals surface area contributed by atoms with E-state index in [-0.39, 0.29) is 11.8 Å². The van der Waals surface area contributed by atoms with E-state index < -0.39 is 5.54 Å². The lowest BCUT2D eigenvalue weighted by atomic mass is 10.1. The second-order valence-electron chi connectivity index (χ2n) is 7.18. The molecule has 1 aliphatic carbocycles. The molecule has 2 aliphatic rings. The zero-order valence-corrected chi connectivity index (χ0v) is 16.7. The van der Waals surface area contributed by atoms with Crippen molar-refractivity contribution in [3.8, 4) is 5.82 Å². The maximum atomic E-state index is 12.7. The predicted octanol–water partition coefficient (Wildman–Crippen LogP) is 2.22. The van der Waals surface area contributed by atoms with E-state index in [1.165, 1.54) is 0 Å². The SMILES string of the molecule is CCNC(=O)C1CC12N=C(c1ccc(Cl)cc1)c1nccnc1-n1c(C)nnc12. The second-order valence-corrected chi connectivity index (χ2v) is 7.61. The highest BCUT2D eigenvalue weighted by molar-refractivity contribution is 6.30. The Morgan fingerprint density at radius 3 is 2.76 bits per heavy atom. The van der Waals surface area contributed by atoms with Crippen molar-refractivity contribution in [2.75, 3.05) is 6.54 Å². The van der Waals surface area contributed by atoms with Crippen molar-refractivity contribution in [2.45, 2.75) is 25.8 Å². The lowest BCUT2D eigenvalue weighted by Crippen LogP contribution is -2.29. The third-order valence-corrected chi connectivity index (χ3v) is 5.61. The number of aryl methyl sites for hydroxylation is 1. The normalized spacial score (nSPS) is 21.8. The van der Waals surface area contributed by atoms with Gasteiger partial charge < -0.3 is 5.32 Å². The topological polar surface area (TPSA) is 98.0 Å². The Bertz CT molecular complexity index is 1150. The molecule has 2 unspecified atom stereocenters. The van der Waals surface area contributed by atoms with Crippen molar-refractivity contribution in [1.82, 2.24) is 30.0 Å². The zero-order valence-electron chi connectivity index (χ0n) is 15.9. The summed E-state index contributed by atoms with van der Waals surface area (Å²) in [5.74, 6) is 1.55. The number of fused-ring (bicyclic) bond motifs is 4. The van der Waals surface area contributed by atoms with E-state index in [2.05, 4.69) is 25.5 Å². The van der Waals surface area contributed by atoms with Gasteiger partial charge >= 0.3 is 0 Å². The number of hydrogen-bond acceptors (Lipinski definition) is 6. The fourth-order valence-electron chi connectivity index (χ4n) is 3.90. The molecule has 2 atom stereocenters. The predicted molar refractivity (Wildman–Crippen MR) is 107 cm³/mol. The summed E-state index contributed by atoms with van der Waals surface area (Å²) in [6.07, 6.45) is 3.82. The molecule has 1 amide bonds. The Hall–Kier alpha value is -3.13. The van der Waals surface area contributed by atoms with Crippen LogP contribution in [0.1, 0.15) is 36.3 Å². The van der Waals surface area contributed by atoms with E-state index >= 15 is 0 Å². The second kappa shape index (κ2) is 6.45. The molecule has 1 aromatic carbocycles. The first-order valence-corrected chi connectivity index (χ1v) is 9.80. The highest BCUT2D eigenvalue weighted by Crippen LogP contribution is 2.56. The Morgan fingerprint density at radius 1 is 1.24 bits per heavy atom. The van der Waals surface area contributed by atoms with Crippen LogP contribution < -0.4 is 5.32 Å². The van der Waals surface area contributed by atoms with Crippen LogP contribution in [0.15, 0.2) is 41.7 Å². The Morgan fingerprint density at radius 2 is 2.00 bits per heavy atom. The van der Waals surface area contributed by atoms with Gasteiger partial charge in [-0.3, -0.25) is 14.4 Å². The molecule has 146 valence electrons. The minimum Gasteiger partial charge on any atom is -0.356 e. The minimum atomic E-state index is -0.794. The molecule has 1 fully saturated rings. The molecular formula is C20H18ClN7O. The Labute approximate surface area is 172 Å². The van der Waals surface area contributed by atoms with Crippen LogP contribution in [0.25, 0.3) is 5.82 Å². The van der Waals surface area contributed by atoms with Gasteiger partial charge in [0.15, 0.2) is 11.6 Å². The van der Waals surface area contributed by atoms with Crippen LogP contribution >= 0.6 is 11.6 Å². The molecule has 1 N–H and O–H groups in total. The van der Waals surface area contributed by atoms with Crippen molar-refractivity contribution in [2.24, 2.45) is 10.9 Å². The molecule has 3 heterocycles. The van der Waals surface area contributed by atoms with E-state index in [0.717, 1.165) is 5.56 Å². The largest absolute Gasteiger partial charge is 0.356 e. The summed E-state index contributed by atoms with van der Waals surface area (Å²) in [7, 11) is 0. The lowest BCUT2D eigenvalue weighted by Gasteiger charge is -2.12. The average molecular weight is 408 g/mol. The van der Waals surface area contributed by atoms with Gasteiger partial charge in [-0.1, -0.05) is 23.7 Å². The molecule has 1 saturated carbocycles. The number of carbonyl (C=O) groups excluding carboxylic acids is 1. The monoisotopic (exact) mass is 407 g/mol. The molecule has 8 nitrogen and oxygen atoms in total. The van der Waals surface area contributed by atoms with Crippen LogP contribution in [0.3, 0.4) is 0 Å². The maximum absolute atomic E-state index is 12.7. The van der Waals surface area contributed by atoms with Crippen molar-refractivity contribution in [3.05, 3.63) is 64.6 Å². The number of aliphatic imine (C=N–C) groups is 1. The van der Waals surface area contributed by atoms with Crippen LogP contribution in [-0.2, 0) is 10.3 Å². The quantitative estimate of drug-likeness (QED) is 0.717. The van der Waals surface area contributed by atoms with Crippen molar-refractivity contribution in [1.29, 1.82) is 0 Å². The summed E-state index contributed by atoms with van der Waals surface area (Å²) >= 11 is 6.08. The number of rotatable bonds is 3. The molecule has 3 aromatic rings. The molecule has 9 heteroatoms. The molecular weight excluding hydrogens is 390 g/mol. The van der Waals surface area contributed by atoms with Gasteiger partial charge in [0.05, 0.1) is 11.6 Å². The smallest absolute Gasteiger partial charge is 0.226 e. The zero-order chi connectivity index (χ0) is 20.2. The highest BCUT2D eigenvalue weighted by atomic mass is 35.5. The number of nitrogens with one attached hydrogen (secondary N) is 1. The summed E-state index contributed by atoms with van der Waals surface area (Å²) in [5.41, 5.74) is 1.35. The molecule has 0 radical (unpaired) electrons. The third kappa shape index (κ3) is 2.66. The number of amides is 1. The van der Waals surface area contributed by atoms with Crippen molar-refractivity contribution >= 4 is 23.2 Å². The first-order valence-electron chi connectivity index (χ1n) is 9.43. The Kier molecular flexibility index (Phi) is 3.99. The molecule has 0 bridgehead atoms. The number of benzene rings is 1. The van der Waals surface area contributed by atoms with Crippen molar-refractivity contribution < 1.29 is 4.79 Å². The fraction of sp³-hybridized carbons (Fsp3) is 0.300.